The number of carboxylic acid groups (broad SMARTS) is 1. The lowest BCUT2D eigenvalue weighted by Gasteiger charge is -2.42. The smallest absolute Gasteiger partial charge is 0.303 e. The number of carbonyl (C=O) groups excluding carboxylic acids is 1. The number of hydrogen-bond acceptors (Lipinski definition) is 2. The van der Waals surface area contributed by atoms with Gasteiger partial charge in [0.15, 0.2) is 5.78 Å². The van der Waals surface area contributed by atoms with Gasteiger partial charge in [-0.25, -0.2) is 0 Å². The lowest BCUT2D eigenvalue weighted by atomic mass is 9.61. The Labute approximate surface area is 126 Å². The van der Waals surface area contributed by atoms with Gasteiger partial charge in [-0.2, -0.15) is 0 Å². The van der Waals surface area contributed by atoms with E-state index in [9.17, 15) is 9.59 Å². The predicted molar refractivity (Wildman–Crippen MR) is 82.9 cm³/mol. The summed E-state index contributed by atoms with van der Waals surface area (Å²) >= 11 is 0. The van der Waals surface area contributed by atoms with Crippen molar-refractivity contribution in [2.24, 2.45) is 0 Å². The van der Waals surface area contributed by atoms with Crippen molar-refractivity contribution in [3.05, 3.63) is 34.9 Å². The molecule has 0 aromatic heterocycles. The predicted octanol–water partition coefficient (Wildman–Crippen LogP) is 4.08. The molecule has 0 radical (unpaired) electrons. The maximum absolute atomic E-state index is 12.5. The van der Waals surface area contributed by atoms with Gasteiger partial charge in [0, 0.05) is 12.0 Å². The zero-order valence-corrected chi connectivity index (χ0v) is 13.3. The molecule has 3 heteroatoms. The molecular formula is C18H24O3. The molecule has 0 saturated carbocycles. The third-order valence-electron chi connectivity index (χ3n) is 4.71. The van der Waals surface area contributed by atoms with Crippen molar-refractivity contribution < 1.29 is 14.7 Å². The fraction of sp³-hybridized carbons (Fsp3) is 0.556. The number of benzene rings is 1. The molecule has 0 fully saturated rings. The van der Waals surface area contributed by atoms with Crippen molar-refractivity contribution in [2.45, 2.75) is 64.2 Å². The van der Waals surface area contributed by atoms with Crippen LogP contribution in [0.1, 0.15) is 74.9 Å². The average molecular weight is 288 g/mol. The van der Waals surface area contributed by atoms with Crippen molar-refractivity contribution in [2.75, 3.05) is 0 Å². The Morgan fingerprint density at radius 1 is 1.05 bits per heavy atom. The standard InChI is InChI=1S/C18H24O3/c1-17(2)10-11-18(3,4)16-12(6-5-7-13(16)17)14(19)8-9-15(20)21/h5-7H,8-11H2,1-4H3,(H,20,21). The summed E-state index contributed by atoms with van der Waals surface area (Å²) in [6.45, 7) is 8.78. The number of aliphatic carboxylic acids is 1. The Bertz CT molecular complexity index is 582. The van der Waals surface area contributed by atoms with E-state index in [2.05, 4.69) is 33.8 Å². The summed E-state index contributed by atoms with van der Waals surface area (Å²) in [4.78, 5) is 23.2. The van der Waals surface area contributed by atoms with Gasteiger partial charge in [0.2, 0.25) is 0 Å². The number of Topliss-reactive ketones (excluding diaryl/α,β-unsaturated/α-hetero) is 1. The lowest BCUT2D eigenvalue weighted by molar-refractivity contribution is -0.136. The van der Waals surface area contributed by atoms with Gasteiger partial charge in [-0.1, -0.05) is 45.9 Å². The van der Waals surface area contributed by atoms with Gasteiger partial charge in [-0.15, -0.1) is 0 Å². The van der Waals surface area contributed by atoms with Crippen LogP contribution >= 0.6 is 0 Å². The molecule has 21 heavy (non-hydrogen) atoms. The molecule has 0 aliphatic heterocycles. The topological polar surface area (TPSA) is 54.4 Å². The molecule has 1 aromatic carbocycles. The maximum atomic E-state index is 12.5. The minimum Gasteiger partial charge on any atom is -0.481 e. The first kappa shape index (κ1) is 15.7. The molecule has 114 valence electrons. The van der Waals surface area contributed by atoms with Crippen LogP contribution < -0.4 is 0 Å². The molecule has 1 N–H and O–H groups in total. The van der Waals surface area contributed by atoms with E-state index in [0.717, 1.165) is 18.4 Å². The Hall–Kier alpha value is -1.64. The zero-order chi connectivity index (χ0) is 15.8. The first-order chi connectivity index (χ1) is 9.65. The van der Waals surface area contributed by atoms with Crippen LogP contribution in [0.3, 0.4) is 0 Å². The maximum Gasteiger partial charge on any atom is 0.303 e. The summed E-state index contributed by atoms with van der Waals surface area (Å²) in [6.07, 6.45) is 2.10. The third kappa shape index (κ3) is 3.02. The monoisotopic (exact) mass is 288 g/mol. The molecule has 0 saturated heterocycles. The van der Waals surface area contributed by atoms with Crippen LogP contribution in [0.2, 0.25) is 0 Å². The second-order valence-electron chi connectivity index (χ2n) is 7.31. The molecule has 3 nitrogen and oxygen atoms in total. The largest absolute Gasteiger partial charge is 0.481 e. The first-order valence-corrected chi connectivity index (χ1v) is 7.54. The van der Waals surface area contributed by atoms with Gasteiger partial charge >= 0.3 is 5.97 Å². The highest BCUT2D eigenvalue weighted by Crippen LogP contribution is 2.47. The van der Waals surface area contributed by atoms with E-state index in [4.69, 9.17) is 5.11 Å². The quantitative estimate of drug-likeness (QED) is 0.849. The molecular weight excluding hydrogens is 264 g/mol. The normalized spacial score (nSPS) is 18.9. The van der Waals surface area contributed by atoms with Crippen molar-refractivity contribution in [1.29, 1.82) is 0 Å². The number of hydrogen-bond donors (Lipinski definition) is 1. The molecule has 0 heterocycles. The molecule has 1 aliphatic carbocycles. The highest BCUT2D eigenvalue weighted by atomic mass is 16.4. The SMILES string of the molecule is CC1(C)CCC(C)(C)c2c(C(=O)CCC(=O)O)cccc21. The fourth-order valence-electron chi connectivity index (χ4n) is 3.32. The van der Waals surface area contributed by atoms with Crippen molar-refractivity contribution in [3.8, 4) is 0 Å². The molecule has 1 aliphatic rings. The van der Waals surface area contributed by atoms with Crippen LogP contribution in [-0.2, 0) is 15.6 Å². The van der Waals surface area contributed by atoms with Crippen LogP contribution in [-0.4, -0.2) is 16.9 Å². The van der Waals surface area contributed by atoms with Crippen molar-refractivity contribution >= 4 is 11.8 Å². The van der Waals surface area contributed by atoms with E-state index in [1.165, 1.54) is 5.56 Å². The fourth-order valence-corrected chi connectivity index (χ4v) is 3.32. The van der Waals surface area contributed by atoms with Crippen molar-refractivity contribution in [1.82, 2.24) is 0 Å². The van der Waals surface area contributed by atoms with Crippen LogP contribution in [0.4, 0.5) is 0 Å². The summed E-state index contributed by atoms with van der Waals surface area (Å²) in [7, 11) is 0. The number of rotatable bonds is 4. The summed E-state index contributed by atoms with van der Waals surface area (Å²) in [5.41, 5.74) is 3.09. The summed E-state index contributed by atoms with van der Waals surface area (Å²) in [5, 5.41) is 8.78. The molecule has 0 spiro atoms. The van der Waals surface area contributed by atoms with E-state index in [1.54, 1.807) is 0 Å². The molecule has 0 atom stereocenters. The molecule has 0 amide bonds. The highest BCUT2D eigenvalue weighted by molar-refractivity contribution is 5.99. The zero-order valence-electron chi connectivity index (χ0n) is 13.3. The van der Waals surface area contributed by atoms with E-state index >= 15 is 0 Å². The summed E-state index contributed by atoms with van der Waals surface area (Å²) < 4.78 is 0. The summed E-state index contributed by atoms with van der Waals surface area (Å²) in [5.74, 6) is -0.979. The van der Waals surface area contributed by atoms with Gasteiger partial charge in [0.25, 0.3) is 0 Å². The van der Waals surface area contributed by atoms with E-state index in [0.29, 0.717) is 5.56 Å². The lowest BCUT2D eigenvalue weighted by Crippen LogP contribution is -2.35. The van der Waals surface area contributed by atoms with Crippen LogP contribution in [0.5, 0.6) is 0 Å². The van der Waals surface area contributed by atoms with Crippen molar-refractivity contribution in [3.63, 3.8) is 0 Å². The Morgan fingerprint density at radius 3 is 2.29 bits per heavy atom. The minimum atomic E-state index is -0.923. The minimum absolute atomic E-state index is 0.0413. The van der Waals surface area contributed by atoms with Gasteiger partial charge in [-0.05, 0) is 34.8 Å². The Balaban J connectivity index is 2.50. The summed E-state index contributed by atoms with van der Waals surface area (Å²) in [6, 6.07) is 5.90. The van der Waals surface area contributed by atoms with E-state index in [-0.39, 0.29) is 29.5 Å². The third-order valence-corrected chi connectivity index (χ3v) is 4.71. The number of ketones is 1. The van der Waals surface area contributed by atoms with Crippen LogP contribution in [0.25, 0.3) is 0 Å². The van der Waals surface area contributed by atoms with Gasteiger partial charge in [-0.3, -0.25) is 9.59 Å². The Kier molecular flexibility index (Phi) is 3.96. The van der Waals surface area contributed by atoms with Gasteiger partial charge in [0.1, 0.15) is 0 Å². The molecule has 0 bridgehead atoms. The Morgan fingerprint density at radius 2 is 1.67 bits per heavy atom. The van der Waals surface area contributed by atoms with Crippen LogP contribution in [0, 0.1) is 0 Å². The number of carbonyl (C=O) groups is 2. The van der Waals surface area contributed by atoms with Gasteiger partial charge in [0.05, 0.1) is 6.42 Å². The number of carboxylic acids is 1. The second kappa shape index (κ2) is 5.28. The van der Waals surface area contributed by atoms with E-state index < -0.39 is 5.97 Å². The molecule has 1 aromatic rings. The highest BCUT2D eigenvalue weighted by Gasteiger charge is 2.39. The average Bonchev–Trinajstić information content (AvgIpc) is 2.41. The molecule has 0 unspecified atom stereocenters. The second-order valence-corrected chi connectivity index (χ2v) is 7.31. The van der Waals surface area contributed by atoms with E-state index in [1.807, 2.05) is 12.1 Å². The number of fused-ring (bicyclic) bond motifs is 1. The first-order valence-electron chi connectivity index (χ1n) is 7.54. The molecule has 2 rings (SSSR count). The van der Waals surface area contributed by atoms with Crippen LogP contribution in [0.15, 0.2) is 18.2 Å². The van der Waals surface area contributed by atoms with Gasteiger partial charge < -0.3 is 5.11 Å².